The van der Waals surface area contributed by atoms with Crippen molar-refractivity contribution < 1.29 is 9.53 Å². The van der Waals surface area contributed by atoms with Gasteiger partial charge in [0.1, 0.15) is 5.75 Å². The first-order valence-electron chi connectivity index (χ1n) is 7.51. The van der Waals surface area contributed by atoms with E-state index in [0.29, 0.717) is 17.2 Å². The van der Waals surface area contributed by atoms with E-state index >= 15 is 0 Å². The molecule has 1 atom stereocenters. The van der Waals surface area contributed by atoms with Crippen LogP contribution in [-0.4, -0.2) is 31.6 Å². The highest BCUT2D eigenvalue weighted by Crippen LogP contribution is 2.22. The minimum atomic E-state index is -0.0459. The number of carbonyl (C=O) groups is 1. The molecule has 0 radical (unpaired) electrons. The number of carbonyl (C=O) groups excluding carboxylic acids is 1. The standard InChI is InChI=1S/C16H23BrN2O2.ClH/c1-11(2)21-15-7-13(6-14(17)8-15)16(20)19-10-12-4-3-5-18-9-12;/h6-8,11-12,18H,3-5,9-10H2,1-2H3,(H,19,20);1H. The van der Waals surface area contributed by atoms with Crippen LogP contribution in [-0.2, 0) is 0 Å². The lowest BCUT2D eigenvalue weighted by molar-refractivity contribution is 0.0944. The first-order chi connectivity index (χ1) is 10.0. The minimum absolute atomic E-state index is 0. The van der Waals surface area contributed by atoms with Gasteiger partial charge < -0.3 is 15.4 Å². The molecule has 0 saturated carbocycles. The topological polar surface area (TPSA) is 50.4 Å². The van der Waals surface area contributed by atoms with E-state index in [0.717, 1.165) is 24.1 Å². The van der Waals surface area contributed by atoms with Gasteiger partial charge in [-0.15, -0.1) is 12.4 Å². The van der Waals surface area contributed by atoms with Crippen LogP contribution in [0.3, 0.4) is 0 Å². The molecule has 2 rings (SSSR count). The van der Waals surface area contributed by atoms with Crippen molar-refractivity contribution in [2.45, 2.75) is 32.8 Å². The summed E-state index contributed by atoms with van der Waals surface area (Å²) in [5.74, 6) is 1.19. The summed E-state index contributed by atoms with van der Waals surface area (Å²) in [4.78, 5) is 12.3. The molecule has 6 heteroatoms. The van der Waals surface area contributed by atoms with E-state index in [2.05, 4.69) is 26.6 Å². The lowest BCUT2D eigenvalue weighted by atomic mass is 9.99. The van der Waals surface area contributed by atoms with Gasteiger partial charge in [0.15, 0.2) is 0 Å². The van der Waals surface area contributed by atoms with Crippen LogP contribution in [0.1, 0.15) is 37.0 Å². The molecule has 1 aliphatic heterocycles. The zero-order chi connectivity index (χ0) is 15.2. The normalized spacial score (nSPS) is 17.7. The van der Waals surface area contributed by atoms with Crippen molar-refractivity contribution >= 4 is 34.2 Å². The smallest absolute Gasteiger partial charge is 0.251 e. The fraction of sp³-hybridized carbons (Fsp3) is 0.562. The summed E-state index contributed by atoms with van der Waals surface area (Å²) in [6.07, 6.45) is 2.45. The number of hydrogen-bond acceptors (Lipinski definition) is 3. The van der Waals surface area contributed by atoms with Gasteiger partial charge in [-0.2, -0.15) is 0 Å². The van der Waals surface area contributed by atoms with Crippen LogP contribution < -0.4 is 15.4 Å². The van der Waals surface area contributed by atoms with Crippen LogP contribution in [0.5, 0.6) is 5.75 Å². The number of amides is 1. The van der Waals surface area contributed by atoms with Gasteiger partial charge in [-0.1, -0.05) is 15.9 Å². The molecule has 1 fully saturated rings. The zero-order valence-corrected chi connectivity index (χ0v) is 15.4. The first-order valence-corrected chi connectivity index (χ1v) is 8.30. The second-order valence-corrected chi connectivity index (χ2v) is 6.68. The van der Waals surface area contributed by atoms with E-state index in [1.165, 1.54) is 12.8 Å². The van der Waals surface area contributed by atoms with E-state index in [4.69, 9.17) is 4.74 Å². The summed E-state index contributed by atoms with van der Waals surface area (Å²) in [5.41, 5.74) is 0.629. The number of ether oxygens (including phenoxy) is 1. The maximum atomic E-state index is 12.3. The predicted octanol–water partition coefficient (Wildman–Crippen LogP) is 3.39. The second kappa shape index (κ2) is 9.38. The highest BCUT2D eigenvalue weighted by atomic mass is 79.9. The number of nitrogens with one attached hydrogen (secondary N) is 2. The maximum absolute atomic E-state index is 12.3. The maximum Gasteiger partial charge on any atom is 0.251 e. The SMILES string of the molecule is CC(C)Oc1cc(Br)cc(C(=O)NCC2CCCNC2)c1.Cl. The Bertz CT molecular complexity index is 491. The summed E-state index contributed by atoms with van der Waals surface area (Å²) in [5, 5.41) is 6.38. The summed E-state index contributed by atoms with van der Waals surface area (Å²) < 4.78 is 6.51. The summed E-state index contributed by atoms with van der Waals surface area (Å²) >= 11 is 3.43. The van der Waals surface area contributed by atoms with Gasteiger partial charge in [-0.25, -0.2) is 0 Å². The monoisotopic (exact) mass is 390 g/mol. The van der Waals surface area contributed by atoms with Crippen LogP contribution in [0.15, 0.2) is 22.7 Å². The van der Waals surface area contributed by atoms with E-state index in [1.54, 1.807) is 6.07 Å². The molecular weight excluding hydrogens is 368 g/mol. The molecule has 1 saturated heterocycles. The summed E-state index contributed by atoms with van der Waals surface area (Å²) in [6.45, 7) is 6.73. The van der Waals surface area contributed by atoms with Crippen molar-refractivity contribution in [1.82, 2.24) is 10.6 Å². The van der Waals surface area contributed by atoms with Crippen LogP contribution in [0, 0.1) is 5.92 Å². The van der Waals surface area contributed by atoms with Crippen molar-refractivity contribution in [3.05, 3.63) is 28.2 Å². The van der Waals surface area contributed by atoms with Gasteiger partial charge in [-0.3, -0.25) is 4.79 Å². The zero-order valence-electron chi connectivity index (χ0n) is 13.0. The van der Waals surface area contributed by atoms with Crippen molar-refractivity contribution in [3.8, 4) is 5.75 Å². The fourth-order valence-electron chi connectivity index (χ4n) is 2.47. The van der Waals surface area contributed by atoms with Gasteiger partial charge in [0.2, 0.25) is 0 Å². The Labute approximate surface area is 146 Å². The molecule has 1 amide bonds. The molecule has 1 heterocycles. The van der Waals surface area contributed by atoms with E-state index in [1.807, 2.05) is 26.0 Å². The number of rotatable bonds is 5. The molecule has 0 spiro atoms. The lowest BCUT2D eigenvalue weighted by Gasteiger charge is -2.23. The van der Waals surface area contributed by atoms with Crippen LogP contribution >= 0.6 is 28.3 Å². The van der Waals surface area contributed by atoms with Gasteiger partial charge >= 0.3 is 0 Å². The van der Waals surface area contributed by atoms with Crippen molar-refractivity contribution in [3.63, 3.8) is 0 Å². The number of piperidine rings is 1. The fourth-order valence-corrected chi connectivity index (χ4v) is 2.94. The van der Waals surface area contributed by atoms with Crippen LogP contribution in [0.25, 0.3) is 0 Å². The Morgan fingerprint density at radius 1 is 1.45 bits per heavy atom. The second-order valence-electron chi connectivity index (χ2n) is 5.76. The molecule has 2 N–H and O–H groups in total. The quantitative estimate of drug-likeness (QED) is 0.809. The highest BCUT2D eigenvalue weighted by Gasteiger charge is 2.15. The van der Waals surface area contributed by atoms with Gasteiger partial charge in [0.25, 0.3) is 5.91 Å². The Balaban J connectivity index is 0.00000242. The molecule has 1 unspecified atom stereocenters. The Hall–Kier alpha value is -0.780. The molecule has 0 bridgehead atoms. The summed E-state index contributed by atoms with van der Waals surface area (Å²) in [6, 6.07) is 5.49. The molecule has 4 nitrogen and oxygen atoms in total. The average molecular weight is 392 g/mol. The van der Waals surface area contributed by atoms with Crippen molar-refractivity contribution in [2.24, 2.45) is 5.92 Å². The molecule has 1 aromatic carbocycles. The molecule has 124 valence electrons. The Morgan fingerprint density at radius 3 is 2.86 bits per heavy atom. The van der Waals surface area contributed by atoms with Gasteiger partial charge in [0, 0.05) is 16.6 Å². The number of benzene rings is 1. The van der Waals surface area contributed by atoms with Crippen LogP contribution in [0.2, 0.25) is 0 Å². The van der Waals surface area contributed by atoms with E-state index < -0.39 is 0 Å². The predicted molar refractivity (Wildman–Crippen MR) is 95.1 cm³/mol. The molecule has 1 aromatic rings. The van der Waals surface area contributed by atoms with Crippen molar-refractivity contribution in [1.29, 1.82) is 0 Å². The van der Waals surface area contributed by atoms with E-state index in [-0.39, 0.29) is 24.4 Å². The third kappa shape index (κ3) is 6.15. The molecular formula is C16H24BrClN2O2. The summed E-state index contributed by atoms with van der Waals surface area (Å²) in [7, 11) is 0. The molecule has 22 heavy (non-hydrogen) atoms. The molecule has 1 aliphatic rings. The van der Waals surface area contributed by atoms with E-state index in [9.17, 15) is 4.79 Å². The van der Waals surface area contributed by atoms with Gasteiger partial charge in [-0.05, 0) is 63.9 Å². The van der Waals surface area contributed by atoms with Gasteiger partial charge in [0.05, 0.1) is 6.10 Å². The Kier molecular flexibility index (Phi) is 8.21. The Morgan fingerprint density at radius 2 is 2.23 bits per heavy atom. The number of halogens is 2. The molecule has 0 aliphatic carbocycles. The third-order valence-corrected chi connectivity index (χ3v) is 3.91. The molecule has 0 aromatic heterocycles. The first kappa shape index (κ1) is 19.3. The number of hydrogen-bond donors (Lipinski definition) is 2. The minimum Gasteiger partial charge on any atom is -0.491 e. The average Bonchev–Trinajstić information content (AvgIpc) is 2.44. The van der Waals surface area contributed by atoms with Crippen LogP contribution in [0.4, 0.5) is 0 Å². The van der Waals surface area contributed by atoms with Crippen molar-refractivity contribution in [2.75, 3.05) is 19.6 Å². The largest absolute Gasteiger partial charge is 0.491 e. The highest BCUT2D eigenvalue weighted by molar-refractivity contribution is 9.10. The lowest BCUT2D eigenvalue weighted by Crippen LogP contribution is -2.38. The third-order valence-electron chi connectivity index (χ3n) is 3.46.